The first kappa shape index (κ1) is 33.7. The standard InChI is InChI=1S/C35H43N5O8/c41-25-2-5-29-31(22-25)47-32-23-26(42)3-6-30(32)35(29)28-4-1-24(21-27(28)34(44)48-35)33(43)39-13-17-45-19-20-46-18-16-40-14-11-37-9-7-36-8-10-38-12-15-40/h1-6,21-23,36-38,41-42H,7-20H2,(H,39,43). The SMILES string of the molecule is O=C(NCCOCCOCCN1CCNCCNCCNCC1)c1ccc2c(c1)C(=O)OC21c2ccc(O)cc2Oc2cc(O)ccc21. The molecule has 0 unspecified atom stereocenters. The smallest absolute Gasteiger partial charge is 0.340 e. The van der Waals surface area contributed by atoms with Crippen molar-refractivity contribution in [3.63, 3.8) is 0 Å². The lowest BCUT2D eigenvalue weighted by Gasteiger charge is -2.36. The average molecular weight is 662 g/mol. The number of carbonyl (C=O) groups excluding carboxylic acids is 2. The van der Waals surface area contributed by atoms with Crippen molar-refractivity contribution in [2.24, 2.45) is 0 Å². The van der Waals surface area contributed by atoms with Crippen LogP contribution in [0.1, 0.15) is 37.4 Å². The first-order valence-electron chi connectivity index (χ1n) is 16.5. The molecule has 256 valence electrons. The molecule has 13 heteroatoms. The summed E-state index contributed by atoms with van der Waals surface area (Å²) >= 11 is 0. The highest BCUT2D eigenvalue weighted by atomic mass is 16.6. The fourth-order valence-electron chi connectivity index (χ4n) is 6.24. The molecule has 3 aromatic rings. The van der Waals surface area contributed by atoms with Gasteiger partial charge in [-0.25, -0.2) is 4.79 Å². The number of hydrogen-bond acceptors (Lipinski definition) is 12. The molecule has 3 heterocycles. The van der Waals surface area contributed by atoms with Crippen molar-refractivity contribution in [1.29, 1.82) is 0 Å². The number of phenolic OH excluding ortho intramolecular Hbond substituents is 2. The Kier molecular flexibility index (Phi) is 11.1. The van der Waals surface area contributed by atoms with Crippen LogP contribution in [0.15, 0.2) is 54.6 Å². The van der Waals surface area contributed by atoms with Crippen molar-refractivity contribution in [3.8, 4) is 23.0 Å². The van der Waals surface area contributed by atoms with Gasteiger partial charge >= 0.3 is 5.97 Å². The molecule has 0 atom stereocenters. The highest BCUT2D eigenvalue weighted by Gasteiger charge is 2.53. The summed E-state index contributed by atoms with van der Waals surface area (Å²) in [5.41, 5.74) is 0.740. The Balaban J connectivity index is 0.981. The molecule has 0 saturated carbocycles. The van der Waals surface area contributed by atoms with Crippen molar-refractivity contribution in [2.45, 2.75) is 5.60 Å². The van der Waals surface area contributed by atoms with Gasteiger partial charge in [-0.15, -0.1) is 0 Å². The van der Waals surface area contributed by atoms with Gasteiger partial charge in [0.05, 0.1) is 32.0 Å². The number of amides is 1. The average Bonchev–Trinajstić information content (AvgIpc) is 3.36. The molecular weight excluding hydrogens is 618 g/mol. The van der Waals surface area contributed by atoms with Gasteiger partial charge in [-0.1, -0.05) is 6.07 Å². The Labute approximate surface area is 279 Å². The van der Waals surface area contributed by atoms with Gasteiger partial charge in [-0.2, -0.15) is 0 Å². The van der Waals surface area contributed by atoms with Crippen LogP contribution in [0.5, 0.6) is 23.0 Å². The molecular formula is C35H43N5O8. The van der Waals surface area contributed by atoms with Crippen molar-refractivity contribution in [3.05, 3.63) is 82.4 Å². The summed E-state index contributed by atoms with van der Waals surface area (Å²) < 4.78 is 23.5. The second kappa shape index (κ2) is 15.8. The minimum atomic E-state index is -1.38. The number of hydrogen-bond donors (Lipinski definition) is 6. The number of esters is 1. The summed E-state index contributed by atoms with van der Waals surface area (Å²) in [6.07, 6.45) is 0. The van der Waals surface area contributed by atoms with Gasteiger partial charge < -0.3 is 50.4 Å². The Morgan fingerprint density at radius 2 is 1.35 bits per heavy atom. The maximum atomic E-state index is 13.3. The van der Waals surface area contributed by atoms with Crippen molar-refractivity contribution in [1.82, 2.24) is 26.2 Å². The van der Waals surface area contributed by atoms with Crippen molar-refractivity contribution in [2.75, 3.05) is 91.9 Å². The third kappa shape index (κ3) is 7.57. The zero-order valence-corrected chi connectivity index (χ0v) is 26.9. The molecule has 1 amide bonds. The fraction of sp³-hybridized carbons (Fsp3) is 0.429. The molecule has 6 rings (SSSR count). The fourth-order valence-corrected chi connectivity index (χ4v) is 6.24. The molecule has 1 fully saturated rings. The number of nitrogens with one attached hydrogen (secondary N) is 4. The molecule has 0 aromatic heterocycles. The largest absolute Gasteiger partial charge is 0.508 e. The van der Waals surface area contributed by atoms with Crippen LogP contribution in [-0.4, -0.2) is 119 Å². The molecule has 0 aliphatic carbocycles. The molecule has 13 nitrogen and oxygen atoms in total. The van der Waals surface area contributed by atoms with E-state index in [1.54, 1.807) is 24.3 Å². The number of fused-ring (bicyclic) bond motifs is 6. The van der Waals surface area contributed by atoms with Crippen LogP contribution in [0, 0.1) is 0 Å². The summed E-state index contributed by atoms with van der Waals surface area (Å²) in [5.74, 6) is -0.414. The van der Waals surface area contributed by atoms with E-state index in [0.29, 0.717) is 66.7 Å². The predicted octanol–water partition coefficient (Wildman–Crippen LogP) is 1.51. The first-order valence-corrected chi connectivity index (χ1v) is 16.5. The van der Waals surface area contributed by atoms with Gasteiger partial charge in [0, 0.05) is 99.8 Å². The van der Waals surface area contributed by atoms with Crippen LogP contribution in [0.3, 0.4) is 0 Å². The van der Waals surface area contributed by atoms with E-state index in [1.807, 2.05) is 0 Å². The molecule has 3 aliphatic heterocycles. The number of phenols is 2. The summed E-state index contributed by atoms with van der Waals surface area (Å²) in [4.78, 5) is 28.7. The van der Waals surface area contributed by atoms with Gasteiger partial charge in [-0.05, 0) is 36.4 Å². The summed E-state index contributed by atoms with van der Waals surface area (Å²) in [5, 5.41) is 33.4. The van der Waals surface area contributed by atoms with E-state index in [0.717, 1.165) is 58.9 Å². The first-order chi connectivity index (χ1) is 23.5. The van der Waals surface area contributed by atoms with Gasteiger partial charge in [0.15, 0.2) is 5.60 Å². The Bertz CT molecular complexity index is 1540. The summed E-state index contributed by atoms with van der Waals surface area (Å²) in [6, 6.07) is 14.0. The third-order valence-corrected chi connectivity index (χ3v) is 8.66. The lowest BCUT2D eigenvalue weighted by molar-refractivity contribution is 0.0224. The van der Waals surface area contributed by atoms with Gasteiger partial charge in [0.1, 0.15) is 23.0 Å². The van der Waals surface area contributed by atoms with E-state index in [2.05, 4.69) is 26.2 Å². The molecule has 6 N–H and O–H groups in total. The van der Waals surface area contributed by atoms with E-state index in [1.165, 1.54) is 30.3 Å². The lowest BCUT2D eigenvalue weighted by Crippen LogP contribution is -2.42. The highest BCUT2D eigenvalue weighted by Crippen LogP contribution is 2.57. The minimum absolute atomic E-state index is 0.0236. The molecule has 48 heavy (non-hydrogen) atoms. The van der Waals surface area contributed by atoms with Crippen molar-refractivity contribution >= 4 is 11.9 Å². The van der Waals surface area contributed by atoms with Crippen LogP contribution in [0.4, 0.5) is 0 Å². The molecule has 0 bridgehead atoms. The number of benzene rings is 3. The number of aromatic hydroxyl groups is 2. The summed E-state index contributed by atoms with van der Waals surface area (Å²) in [7, 11) is 0. The zero-order valence-electron chi connectivity index (χ0n) is 26.9. The van der Waals surface area contributed by atoms with Crippen LogP contribution >= 0.6 is 0 Å². The third-order valence-electron chi connectivity index (χ3n) is 8.66. The predicted molar refractivity (Wildman–Crippen MR) is 177 cm³/mol. The molecule has 3 aromatic carbocycles. The molecule has 0 radical (unpaired) electrons. The summed E-state index contributed by atoms with van der Waals surface area (Å²) in [6.45, 7) is 10.7. The highest BCUT2D eigenvalue weighted by molar-refractivity contribution is 6.01. The monoisotopic (exact) mass is 661 g/mol. The van der Waals surface area contributed by atoms with E-state index in [-0.39, 0.29) is 23.0 Å². The number of rotatable bonds is 10. The number of ether oxygens (including phenoxy) is 4. The van der Waals surface area contributed by atoms with E-state index < -0.39 is 11.6 Å². The van der Waals surface area contributed by atoms with E-state index in [4.69, 9.17) is 18.9 Å². The van der Waals surface area contributed by atoms with Crippen LogP contribution in [0.25, 0.3) is 0 Å². The zero-order chi connectivity index (χ0) is 33.3. The molecule has 1 saturated heterocycles. The molecule has 3 aliphatic rings. The van der Waals surface area contributed by atoms with Gasteiger partial charge in [0.2, 0.25) is 0 Å². The van der Waals surface area contributed by atoms with Gasteiger partial charge in [0.25, 0.3) is 5.91 Å². The molecule has 1 spiro atoms. The van der Waals surface area contributed by atoms with Crippen molar-refractivity contribution < 1.29 is 38.7 Å². The number of carbonyl (C=O) groups is 2. The Morgan fingerprint density at radius 3 is 2.00 bits per heavy atom. The normalized spacial score (nSPS) is 17.6. The second-order valence-corrected chi connectivity index (χ2v) is 11.9. The van der Waals surface area contributed by atoms with Crippen LogP contribution < -0.4 is 26.0 Å². The van der Waals surface area contributed by atoms with Gasteiger partial charge in [-0.3, -0.25) is 9.69 Å². The Morgan fingerprint density at radius 1 is 0.771 bits per heavy atom. The number of nitrogens with zero attached hydrogens (tertiary/aromatic N) is 1. The topological polar surface area (TPSA) is 163 Å². The van der Waals surface area contributed by atoms with Crippen LogP contribution in [0.2, 0.25) is 0 Å². The van der Waals surface area contributed by atoms with E-state index >= 15 is 0 Å². The van der Waals surface area contributed by atoms with Crippen LogP contribution in [-0.2, 0) is 19.8 Å². The minimum Gasteiger partial charge on any atom is -0.508 e. The maximum Gasteiger partial charge on any atom is 0.340 e. The quantitative estimate of drug-likeness (QED) is 0.137. The van der Waals surface area contributed by atoms with E-state index in [9.17, 15) is 19.8 Å². The maximum absolute atomic E-state index is 13.3. The second-order valence-electron chi connectivity index (χ2n) is 11.9. The Hall–Kier alpha value is -4.24. The lowest BCUT2D eigenvalue weighted by atomic mass is 9.77.